The zero-order chi connectivity index (χ0) is 16.1. The zero-order valence-electron chi connectivity index (χ0n) is 12.0. The van der Waals surface area contributed by atoms with Gasteiger partial charge in [-0.2, -0.15) is 18.6 Å². The number of sulfonamides is 1. The molecule has 120 valence electrons. The lowest BCUT2D eigenvalue weighted by Crippen LogP contribution is -2.19. The predicted molar refractivity (Wildman–Crippen MR) is 74.3 cm³/mol. The van der Waals surface area contributed by atoms with E-state index in [0.29, 0.717) is 0 Å². The molecule has 1 aliphatic heterocycles. The number of alkyl halides is 2. The topological polar surface area (TPSA) is 81.8 Å². The van der Waals surface area contributed by atoms with E-state index < -0.39 is 27.0 Å². The lowest BCUT2D eigenvalue weighted by molar-refractivity contribution is 0.146. The number of hydrogen-bond donors (Lipinski definition) is 1. The highest BCUT2D eigenvalue weighted by Gasteiger charge is 2.31. The number of fused-ring (bicyclic) bond motifs is 1. The van der Waals surface area contributed by atoms with Crippen LogP contribution in [0.25, 0.3) is 0 Å². The number of aromatic nitrogens is 4. The van der Waals surface area contributed by atoms with E-state index in [2.05, 4.69) is 14.9 Å². The molecule has 22 heavy (non-hydrogen) atoms. The molecular formula is C12H15F2N5O2S. The van der Waals surface area contributed by atoms with Gasteiger partial charge in [0.25, 0.3) is 16.4 Å². The van der Waals surface area contributed by atoms with Gasteiger partial charge in [-0.1, -0.05) is 0 Å². The third-order valence-electron chi connectivity index (χ3n) is 3.59. The summed E-state index contributed by atoms with van der Waals surface area (Å²) in [7, 11) is -2.87. The fraction of sp³-hybridized carbons (Fsp3) is 0.500. The van der Waals surface area contributed by atoms with Crippen LogP contribution in [0.5, 0.6) is 0 Å². The Morgan fingerprint density at radius 1 is 1.36 bits per heavy atom. The van der Waals surface area contributed by atoms with Crippen molar-refractivity contribution in [3.05, 3.63) is 23.0 Å². The highest BCUT2D eigenvalue weighted by atomic mass is 32.2. The first kappa shape index (κ1) is 14.9. The SMILES string of the molecule is Cc1nn(C)c(S(=O)(=O)Nc2cc3n(n2)CCC3)c1C(F)F. The molecule has 0 atom stereocenters. The molecule has 0 saturated heterocycles. The third-order valence-corrected chi connectivity index (χ3v) is 5.06. The Morgan fingerprint density at radius 3 is 2.73 bits per heavy atom. The number of nitrogens with one attached hydrogen (secondary N) is 1. The number of hydrogen-bond acceptors (Lipinski definition) is 4. The van der Waals surface area contributed by atoms with Crippen molar-refractivity contribution >= 4 is 15.8 Å². The van der Waals surface area contributed by atoms with E-state index in [1.54, 1.807) is 10.7 Å². The van der Waals surface area contributed by atoms with Gasteiger partial charge in [0.05, 0.1) is 11.3 Å². The Balaban J connectivity index is 1.99. The first-order valence-electron chi connectivity index (χ1n) is 6.71. The minimum Gasteiger partial charge on any atom is -0.267 e. The standard InChI is InChI=1S/C12H15F2N5O2S/c1-7-10(11(13)14)12(18(2)15-7)22(20,21)17-9-6-8-4-3-5-19(8)16-9/h6,11H,3-5H2,1-2H3,(H,16,17). The summed E-state index contributed by atoms with van der Waals surface area (Å²) < 4.78 is 56.1. The molecule has 0 fully saturated rings. The molecule has 0 amide bonds. The van der Waals surface area contributed by atoms with Gasteiger partial charge in [0.2, 0.25) is 0 Å². The van der Waals surface area contributed by atoms with Crippen LogP contribution >= 0.6 is 0 Å². The monoisotopic (exact) mass is 331 g/mol. The summed E-state index contributed by atoms with van der Waals surface area (Å²) in [5.41, 5.74) is 0.333. The molecule has 0 bridgehead atoms. The third kappa shape index (κ3) is 2.36. The van der Waals surface area contributed by atoms with E-state index in [0.717, 1.165) is 29.8 Å². The maximum atomic E-state index is 13.1. The molecule has 0 radical (unpaired) electrons. The summed E-state index contributed by atoms with van der Waals surface area (Å²) in [4.78, 5) is 0. The maximum Gasteiger partial charge on any atom is 0.280 e. The predicted octanol–water partition coefficient (Wildman–Crippen LogP) is 1.61. The molecule has 0 aliphatic carbocycles. The molecule has 1 aliphatic rings. The lowest BCUT2D eigenvalue weighted by Gasteiger charge is -2.08. The summed E-state index contributed by atoms with van der Waals surface area (Å²) in [5, 5.41) is 7.37. The van der Waals surface area contributed by atoms with Crippen molar-refractivity contribution in [2.45, 2.75) is 37.8 Å². The summed E-state index contributed by atoms with van der Waals surface area (Å²) in [6.45, 7) is 2.08. The van der Waals surface area contributed by atoms with Crippen LogP contribution in [0, 0.1) is 6.92 Å². The van der Waals surface area contributed by atoms with E-state index in [1.807, 2.05) is 0 Å². The molecule has 0 saturated carbocycles. The van der Waals surface area contributed by atoms with Gasteiger partial charge >= 0.3 is 0 Å². The molecule has 0 unspecified atom stereocenters. The summed E-state index contributed by atoms with van der Waals surface area (Å²) in [6.07, 6.45) is -1.14. The second-order valence-corrected chi connectivity index (χ2v) is 6.78. The first-order valence-corrected chi connectivity index (χ1v) is 8.19. The second-order valence-electron chi connectivity index (χ2n) is 5.18. The van der Waals surface area contributed by atoms with E-state index >= 15 is 0 Å². The molecule has 10 heteroatoms. The van der Waals surface area contributed by atoms with E-state index in [-0.39, 0.29) is 11.5 Å². The van der Waals surface area contributed by atoms with Crippen LogP contribution in [0.1, 0.15) is 29.8 Å². The normalized spacial score (nSPS) is 14.6. The highest BCUT2D eigenvalue weighted by Crippen LogP contribution is 2.30. The highest BCUT2D eigenvalue weighted by molar-refractivity contribution is 7.92. The number of anilines is 1. The van der Waals surface area contributed by atoms with Crippen LogP contribution in [0.4, 0.5) is 14.6 Å². The van der Waals surface area contributed by atoms with Crippen molar-refractivity contribution in [3.8, 4) is 0 Å². The fourth-order valence-corrected chi connectivity index (χ4v) is 4.11. The minimum atomic E-state index is -4.19. The van der Waals surface area contributed by atoms with Crippen molar-refractivity contribution < 1.29 is 17.2 Å². The smallest absolute Gasteiger partial charge is 0.267 e. The van der Waals surface area contributed by atoms with Crippen LogP contribution in [0.3, 0.4) is 0 Å². The largest absolute Gasteiger partial charge is 0.280 e. The van der Waals surface area contributed by atoms with Gasteiger partial charge in [-0.15, -0.1) is 0 Å². The van der Waals surface area contributed by atoms with Crippen LogP contribution in [-0.4, -0.2) is 28.0 Å². The van der Waals surface area contributed by atoms with Gasteiger partial charge in [-0.3, -0.25) is 14.1 Å². The molecule has 3 rings (SSSR count). The van der Waals surface area contributed by atoms with Gasteiger partial charge < -0.3 is 0 Å². The molecule has 3 heterocycles. The average molecular weight is 331 g/mol. The Morgan fingerprint density at radius 2 is 2.09 bits per heavy atom. The Kier molecular flexibility index (Phi) is 3.42. The van der Waals surface area contributed by atoms with Gasteiger partial charge in [0.1, 0.15) is 0 Å². The molecule has 1 N–H and O–H groups in total. The van der Waals surface area contributed by atoms with Crippen LogP contribution in [-0.2, 0) is 30.0 Å². The summed E-state index contributed by atoms with van der Waals surface area (Å²) in [5.74, 6) is 0.133. The Bertz CT molecular complexity index is 803. The Labute approximate surface area is 126 Å². The van der Waals surface area contributed by atoms with Gasteiger partial charge in [0, 0.05) is 25.4 Å². The van der Waals surface area contributed by atoms with Crippen molar-refractivity contribution in [3.63, 3.8) is 0 Å². The number of aryl methyl sites for hydroxylation is 4. The first-order chi connectivity index (χ1) is 10.3. The molecule has 2 aromatic heterocycles. The van der Waals surface area contributed by atoms with E-state index in [1.165, 1.54) is 14.0 Å². The molecular weight excluding hydrogens is 316 g/mol. The van der Waals surface area contributed by atoms with Crippen molar-refractivity contribution in [2.75, 3.05) is 4.72 Å². The van der Waals surface area contributed by atoms with Crippen LogP contribution in [0.2, 0.25) is 0 Å². The zero-order valence-corrected chi connectivity index (χ0v) is 12.9. The van der Waals surface area contributed by atoms with Gasteiger partial charge in [-0.05, 0) is 19.8 Å². The Hall–Kier alpha value is -1.97. The van der Waals surface area contributed by atoms with E-state index in [4.69, 9.17) is 0 Å². The van der Waals surface area contributed by atoms with E-state index in [9.17, 15) is 17.2 Å². The van der Waals surface area contributed by atoms with Gasteiger partial charge in [0.15, 0.2) is 10.8 Å². The molecule has 7 nitrogen and oxygen atoms in total. The number of nitrogens with zero attached hydrogens (tertiary/aromatic N) is 4. The van der Waals surface area contributed by atoms with Gasteiger partial charge in [-0.25, -0.2) is 8.78 Å². The van der Waals surface area contributed by atoms with Crippen LogP contribution in [0.15, 0.2) is 11.1 Å². The minimum absolute atomic E-state index is 0.00907. The van der Waals surface area contributed by atoms with Crippen molar-refractivity contribution in [2.24, 2.45) is 7.05 Å². The maximum absolute atomic E-state index is 13.1. The lowest BCUT2D eigenvalue weighted by atomic mass is 10.3. The number of halogens is 2. The molecule has 0 spiro atoms. The second kappa shape index (κ2) is 5.04. The summed E-state index contributed by atoms with van der Waals surface area (Å²) >= 11 is 0. The summed E-state index contributed by atoms with van der Waals surface area (Å²) in [6, 6.07) is 1.62. The molecule has 2 aromatic rings. The average Bonchev–Trinajstić information content (AvgIpc) is 3.01. The van der Waals surface area contributed by atoms with Crippen LogP contribution < -0.4 is 4.72 Å². The molecule has 0 aromatic carbocycles. The van der Waals surface area contributed by atoms with Crippen molar-refractivity contribution in [1.29, 1.82) is 0 Å². The quantitative estimate of drug-likeness (QED) is 0.923. The number of rotatable bonds is 4. The fourth-order valence-electron chi connectivity index (χ4n) is 2.72. The van der Waals surface area contributed by atoms with Crippen molar-refractivity contribution in [1.82, 2.24) is 19.6 Å².